The molecule has 0 saturated carbocycles. The summed E-state index contributed by atoms with van der Waals surface area (Å²) in [5, 5.41) is 8.35. The molecule has 0 fully saturated rings. The molecular weight excluding hydrogens is 897 g/mol. The Balaban J connectivity index is 0.000000253. The maximum Gasteiger partial charge on any atom is 0.407 e. The minimum atomic E-state index is -0.964. The van der Waals surface area contributed by atoms with E-state index in [1.807, 2.05) is 6.92 Å². The average molecular weight is 939 g/mol. The van der Waals surface area contributed by atoms with Gasteiger partial charge in [-0.3, -0.25) is 19.2 Å². The Morgan fingerprint density at radius 1 is 0.672 bits per heavy atom. The molecule has 2 aromatic carbocycles. The van der Waals surface area contributed by atoms with E-state index < -0.39 is 46.0 Å². The summed E-state index contributed by atoms with van der Waals surface area (Å²) in [6, 6.07) is 16.1. The first kappa shape index (κ1) is 49.6. The molecule has 4 heterocycles. The standard InChI is InChI=1S/C22H24ClN7O5.C12H10N2O3.C6H8Cl2N4/c1-13-12-29(21(34)30(15(13)31)16(32)14-8-6-5-7-9-14)19-27-17(23)26-18(28-19)24-10-11-25-20(33)35-22(2,3)4;1-8-7-13-12(17)14(10(8)15)11(16)9-5-3-2-4-6-9;1-2-3-9-6-11-4(7)10-5(8)12-6/h5-9,12H,10-11H2,1-4H3,(H,25,33)(H,24,26,27,28);2-7H,1H3,(H,13,17);2-3H2,1H3,(H,9,10,11,12). The molecule has 0 aliphatic carbocycles. The first-order chi connectivity index (χ1) is 30.3. The number of amides is 1. The van der Waals surface area contributed by atoms with Gasteiger partial charge in [-0.1, -0.05) is 43.3 Å². The minimum absolute atomic E-state index is 0.0164. The van der Waals surface area contributed by atoms with Gasteiger partial charge in [-0.25, -0.2) is 19.0 Å². The Hall–Kier alpha value is -7.10. The number of aryl methyl sites for hydroxylation is 2. The monoisotopic (exact) mass is 937 g/mol. The predicted octanol–water partition coefficient (Wildman–Crippen LogP) is 4.30. The van der Waals surface area contributed by atoms with Crippen molar-refractivity contribution >= 4 is 64.6 Å². The zero-order valence-electron chi connectivity index (χ0n) is 35.2. The number of aromatic nitrogens is 10. The number of hydrogen-bond donors (Lipinski definition) is 4. The predicted molar refractivity (Wildman–Crippen MR) is 239 cm³/mol. The van der Waals surface area contributed by atoms with Crippen molar-refractivity contribution in [1.82, 2.24) is 53.9 Å². The van der Waals surface area contributed by atoms with Crippen LogP contribution in [0.2, 0.25) is 15.9 Å². The Morgan fingerprint density at radius 3 is 1.72 bits per heavy atom. The van der Waals surface area contributed by atoms with Crippen molar-refractivity contribution in [2.75, 3.05) is 30.3 Å². The van der Waals surface area contributed by atoms with Gasteiger partial charge in [0.25, 0.3) is 22.9 Å². The summed E-state index contributed by atoms with van der Waals surface area (Å²) in [5.74, 6) is -1.18. The van der Waals surface area contributed by atoms with E-state index in [1.165, 1.54) is 38.4 Å². The van der Waals surface area contributed by atoms with Crippen molar-refractivity contribution in [3.63, 3.8) is 0 Å². The van der Waals surface area contributed by atoms with Crippen LogP contribution < -0.4 is 38.4 Å². The number of nitrogens with one attached hydrogen (secondary N) is 4. The number of H-pyrrole nitrogens is 1. The molecule has 0 bridgehead atoms. The molecule has 0 atom stereocenters. The van der Waals surface area contributed by atoms with E-state index in [9.17, 15) is 33.6 Å². The molecule has 21 nitrogen and oxygen atoms in total. The van der Waals surface area contributed by atoms with E-state index in [-0.39, 0.29) is 52.0 Å². The quantitative estimate of drug-likeness (QED) is 0.139. The van der Waals surface area contributed by atoms with Gasteiger partial charge in [0.05, 0.1) is 0 Å². The fraction of sp³-hybridized carbons (Fsp3) is 0.275. The fourth-order valence-corrected chi connectivity index (χ4v) is 5.51. The molecule has 336 valence electrons. The molecule has 4 aromatic heterocycles. The number of carbonyl (C=O) groups excluding carboxylic acids is 3. The van der Waals surface area contributed by atoms with Gasteiger partial charge in [-0.05, 0) is 100 Å². The van der Waals surface area contributed by atoms with E-state index >= 15 is 0 Å². The van der Waals surface area contributed by atoms with Crippen LogP contribution >= 0.6 is 34.8 Å². The van der Waals surface area contributed by atoms with Gasteiger partial charge in [0.2, 0.25) is 33.7 Å². The van der Waals surface area contributed by atoms with Gasteiger partial charge in [0.1, 0.15) is 5.60 Å². The summed E-state index contributed by atoms with van der Waals surface area (Å²) < 4.78 is 7.20. The van der Waals surface area contributed by atoms with Crippen LogP contribution in [0.15, 0.2) is 92.2 Å². The third-order valence-electron chi connectivity index (χ3n) is 7.87. The Bertz CT molecular complexity index is 2830. The van der Waals surface area contributed by atoms with E-state index in [0.29, 0.717) is 26.2 Å². The molecule has 6 rings (SSSR count). The second-order valence-electron chi connectivity index (χ2n) is 14.1. The molecule has 0 saturated heterocycles. The largest absolute Gasteiger partial charge is 0.444 e. The van der Waals surface area contributed by atoms with E-state index in [2.05, 4.69) is 50.8 Å². The summed E-state index contributed by atoms with van der Waals surface area (Å²) in [7, 11) is 0. The molecule has 0 aliphatic heterocycles. The van der Waals surface area contributed by atoms with Crippen molar-refractivity contribution in [3.8, 4) is 5.95 Å². The topological polar surface area (TPSA) is 273 Å². The molecule has 0 spiro atoms. The molecule has 24 heteroatoms. The highest BCUT2D eigenvalue weighted by molar-refractivity contribution is 6.31. The van der Waals surface area contributed by atoms with Gasteiger partial charge in [0.15, 0.2) is 0 Å². The normalized spacial score (nSPS) is 10.6. The second kappa shape index (κ2) is 22.8. The number of aromatic amines is 1. The van der Waals surface area contributed by atoms with Gasteiger partial charge < -0.3 is 25.7 Å². The molecular formula is C40H42Cl3N13O8. The molecule has 64 heavy (non-hydrogen) atoms. The summed E-state index contributed by atoms with van der Waals surface area (Å²) >= 11 is 17.1. The van der Waals surface area contributed by atoms with Crippen LogP contribution in [-0.2, 0) is 4.74 Å². The van der Waals surface area contributed by atoms with Crippen LogP contribution in [0.5, 0.6) is 0 Å². The zero-order chi connectivity index (χ0) is 47.1. The Kier molecular flexibility index (Phi) is 17.7. The van der Waals surface area contributed by atoms with E-state index in [1.54, 1.807) is 69.3 Å². The van der Waals surface area contributed by atoms with Crippen molar-refractivity contribution in [3.05, 3.63) is 153 Å². The number of halogens is 3. The number of alkyl carbamates (subject to hydrolysis) is 1. The lowest BCUT2D eigenvalue weighted by Gasteiger charge is -2.19. The number of nitrogens with zero attached hydrogens (tertiary/aromatic N) is 9. The van der Waals surface area contributed by atoms with Gasteiger partial charge in [-0.2, -0.15) is 39.0 Å². The molecule has 0 aliphatic rings. The fourth-order valence-electron chi connectivity index (χ4n) is 4.99. The molecule has 0 unspecified atom stereocenters. The van der Waals surface area contributed by atoms with Crippen LogP contribution in [0.1, 0.15) is 66.0 Å². The van der Waals surface area contributed by atoms with Crippen molar-refractivity contribution < 1.29 is 19.1 Å². The Labute approximate surface area is 378 Å². The number of benzene rings is 2. The lowest BCUT2D eigenvalue weighted by Crippen LogP contribution is -2.44. The van der Waals surface area contributed by atoms with Gasteiger partial charge in [0, 0.05) is 54.3 Å². The molecule has 0 radical (unpaired) electrons. The van der Waals surface area contributed by atoms with Crippen molar-refractivity contribution in [1.29, 1.82) is 0 Å². The lowest BCUT2D eigenvalue weighted by atomic mass is 10.2. The average Bonchev–Trinajstić information content (AvgIpc) is 3.24. The summed E-state index contributed by atoms with van der Waals surface area (Å²) in [5.41, 5.74) is -2.78. The van der Waals surface area contributed by atoms with Gasteiger partial charge in [-0.15, -0.1) is 0 Å². The number of anilines is 2. The Morgan fingerprint density at radius 2 is 1.17 bits per heavy atom. The molecule has 1 amide bonds. The van der Waals surface area contributed by atoms with Crippen LogP contribution in [0.3, 0.4) is 0 Å². The zero-order valence-corrected chi connectivity index (χ0v) is 37.4. The lowest BCUT2D eigenvalue weighted by molar-refractivity contribution is 0.0529. The number of carbonyl (C=O) groups is 3. The third kappa shape index (κ3) is 14.2. The van der Waals surface area contributed by atoms with Crippen LogP contribution in [-0.4, -0.2) is 91.7 Å². The van der Waals surface area contributed by atoms with Crippen LogP contribution in [0.25, 0.3) is 5.95 Å². The van der Waals surface area contributed by atoms with E-state index in [4.69, 9.17) is 39.5 Å². The smallest absolute Gasteiger partial charge is 0.407 e. The maximum atomic E-state index is 13.1. The van der Waals surface area contributed by atoms with E-state index in [0.717, 1.165) is 17.5 Å². The SMILES string of the molecule is CCCNc1nc(Cl)nc(Cl)n1.Cc1c[nH]c(=O)n(C(=O)c2ccccc2)c1=O.Cc1cn(-c2nc(Cl)nc(NCCNC(=O)OC(C)(C)C)n2)c(=O)n(C(=O)c2ccccc2)c1=O. The van der Waals surface area contributed by atoms with Gasteiger partial charge >= 0.3 is 17.5 Å². The summed E-state index contributed by atoms with van der Waals surface area (Å²) in [4.78, 5) is 111. The first-order valence-corrected chi connectivity index (χ1v) is 20.2. The number of hydrogen-bond acceptors (Lipinski definition) is 16. The summed E-state index contributed by atoms with van der Waals surface area (Å²) in [6.45, 7) is 11.5. The third-order valence-corrected chi connectivity index (χ3v) is 8.37. The number of ether oxygens (including phenoxy) is 1. The first-order valence-electron chi connectivity index (χ1n) is 19.1. The van der Waals surface area contributed by atoms with Crippen LogP contribution in [0.4, 0.5) is 16.7 Å². The minimum Gasteiger partial charge on any atom is -0.444 e. The highest BCUT2D eigenvalue weighted by Crippen LogP contribution is 2.11. The second-order valence-corrected chi connectivity index (χ2v) is 15.1. The van der Waals surface area contributed by atoms with Crippen molar-refractivity contribution in [2.45, 2.75) is 53.6 Å². The highest BCUT2D eigenvalue weighted by Gasteiger charge is 2.21. The maximum absolute atomic E-state index is 13.1. The molecule has 6 aromatic rings. The highest BCUT2D eigenvalue weighted by atomic mass is 35.5. The molecule has 4 N–H and O–H groups in total. The van der Waals surface area contributed by atoms with Crippen LogP contribution in [0, 0.1) is 13.8 Å². The summed E-state index contributed by atoms with van der Waals surface area (Å²) in [6.07, 6.45) is 2.92. The van der Waals surface area contributed by atoms with Crippen molar-refractivity contribution in [2.24, 2.45) is 0 Å². The number of rotatable bonds is 10.